The number of amides is 1. The topological polar surface area (TPSA) is 32.3 Å². The third kappa shape index (κ3) is 4.59. The average Bonchev–Trinajstić information content (AvgIpc) is 2.63. The van der Waals surface area contributed by atoms with E-state index in [-0.39, 0.29) is 29.7 Å². The van der Waals surface area contributed by atoms with Crippen molar-refractivity contribution in [2.75, 3.05) is 26.7 Å². The molecule has 1 saturated heterocycles. The highest BCUT2D eigenvalue weighted by atomic mass is 35.5. The van der Waals surface area contributed by atoms with E-state index < -0.39 is 5.82 Å². The number of carbonyl (C=O) groups excluding carboxylic acids is 1. The molecular weight excluding hydrogens is 358 g/mol. The summed E-state index contributed by atoms with van der Waals surface area (Å²) in [7, 11) is 1.93. The molecule has 0 aliphatic carbocycles. The first-order chi connectivity index (χ1) is 12.1. The average molecular weight is 381 g/mol. The van der Waals surface area contributed by atoms with Crippen LogP contribution in [0.4, 0.5) is 8.78 Å². The summed E-state index contributed by atoms with van der Waals surface area (Å²) in [6.07, 6.45) is 1.86. The molecule has 0 unspecified atom stereocenters. The van der Waals surface area contributed by atoms with E-state index in [2.05, 4.69) is 5.32 Å². The normalized spacial score (nSPS) is 14.8. The molecule has 140 valence electrons. The lowest BCUT2D eigenvalue weighted by Crippen LogP contribution is -2.40. The summed E-state index contributed by atoms with van der Waals surface area (Å²) in [5.74, 6) is -0.562. The molecule has 1 fully saturated rings. The summed E-state index contributed by atoms with van der Waals surface area (Å²) in [6, 6.07) is 10.4. The molecule has 1 amide bonds. The minimum Gasteiger partial charge on any atom is -0.339 e. The maximum atomic E-state index is 14.5. The maximum absolute atomic E-state index is 14.5. The molecule has 1 heterocycles. The van der Waals surface area contributed by atoms with Crippen LogP contribution in [0.1, 0.15) is 23.2 Å². The lowest BCUT2D eigenvalue weighted by atomic mass is 9.96. The Morgan fingerprint density at radius 2 is 1.69 bits per heavy atom. The van der Waals surface area contributed by atoms with Crippen molar-refractivity contribution in [3.05, 3.63) is 59.7 Å². The van der Waals surface area contributed by atoms with Crippen molar-refractivity contribution in [3.8, 4) is 11.1 Å². The number of rotatable bonds is 4. The quantitative estimate of drug-likeness (QED) is 0.865. The SMILES string of the molecule is CNCC1CCN(C(=O)c2ccc(-c3ccc(F)cc3)cc2F)CC1.Cl. The third-order valence-electron chi connectivity index (χ3n) is 4.77. The number of nitrogens with one attached hydrogen (secondary N) is 1. The predicted octanol–water partition coefficient (Wildman–Crippen LogP) is 4.13. The van der Waals surface area contributed by atoms with Crippen LogP contribution in [0, 0.1) is 17.6 Å². The second-order valence-corrected chi connectivity index (χ2v) is 6.49. The Balaban J connectivity index is 0.00000243. The molecule has 0 radical (unpaired) electrons. The second-order valence-electron chi connectivity index (χ2n) is 6.49. The number of halogens is 3. The van der Waals surface area contributed by atoms with Gasteiger partial charge in [-0.2, -0.15) is 0 Å². The van der Waals surface area contributed by atoms with Crippen LogP contribution >= 0.6 is 12.4 Å². The lowest BCUT2D eigenvalue weighted by molar-refractivity contribution is 0.0686. The van der Waals surface area contributed by atoms with Gasteiger partial charge in [0, 0.05) is 13.1 Å². The molecule has 3 nitrogen and oxygen atoms in total. The van der Waals surface area contributed by atoms with Gasteiger partial charge in [-0.15, -0.1) is 12.4 Å². The van der Waals surface area contributed by atoms with Crippen molar-refractivity contribution in [1.29, 1.82) is 0 Å². The van der Waals surface area contributed by atoms with Gasteiger partial charge in [-0.05, 0) is 67.7 Å². The summed E-state index contributed by atoms with van der Waals surface area (Å²) in [5.41, 5.74) is 1.44. The first-order valence-electron chi connectivity index (χ1n) is 8.58. The highest BCUT2D eigenvalue weighted by Crippen LogP contribution is 2.24. The Labute approximate surface area is 158 Å². The van der Waals surface area contributed by atoms with Crippen LogP contribution in [0.25, 0.3) is 11.1 Å². The molecule has 26 heavy (non-hydrogen) atoms. The van der Waals surface area contributed by atoms with Crippen LogP contribution in [-0.2, 0) is 0 Å². The van der Waals surface area contributed by atoms with Crippen molar-refractivity contribution in [1.82, 2.24) is 10.2 Å². The second kappa shape index (κ2) is 9.10. The maximum Gasteiger partial charge on any atom is 0.256 e. The van der Waals surface area contributed by atoms with Gasteiger partial charge in [0.1, 0.15) is 11.6 Å². The molecule has 0 saturated carbocycles. The molecule has 2 aromatic rings. The predicted molar refractivity (Wildman–Crippen MR) is 102 cm³/mol. The van der Waals surface area contributed by atoms with Gasteiger partial charge in [0.2, 0.25) is 0 Å². The molecule has 1 aliphatic rings. The van der Waals surface area contributed by atoms with E-state index >= 15 is 0 Å². The number of hydrogen-bond donors (Lipinski definition) is 1. The summed E-state index contributed by atoms with van der Waals surface area (Å²) < 4.78 is 27.5. The molecular formula is C20H23ClF2N2O. The Morgan fingerprint density at radius 3 is 2.27 bits per heavy atom. The zero-order valence-electron chi connectivity index (χ0n) is 14.7. The first kappa shape index (κ1) is 20.3. The molecule has 0 aromatic heterocycles. The fraction of sp³-hybridized carbons (Fsp3) is 0.350. The van der Waals surface area contributed by atoms with Gasteiger partial charge >= 0.3 is 0 Å². The minimum absolute atomic E-state index is 0. The number of benzene rings is 2. The zero-order valence-corrected chi connectivity index (χ0v) is 15.5. The van der Waals surface area contributed by atoms with Gasteiger partial charge in [-0.25, -0.2) is 8.78 Å². The van der Waals surface area contributed by atoms with E-state index in [4.69, 9.17) is 0 Å². The number of likely N-dealkylation sites (tertiary alicyclic amines) is 1. The minimum atomic E-state index is -0.538. The standard InChI is InChI=1S/C20H22F2N2O.ClH/c1-23-13-14-8-10-24(11-9-14)20(25)18-7-4-16(12-19(18)22)15-2-5-17(21)6-3-15;/h2-7,12,14,23H,8-11,13H2,1H3;1H. The van der Waals surface area contributed by atoms with Crippen LogP contribution in [0.3, 0.4) is 0 Å². The number of piperidine rings is 1. The van der Waals surface area contributed by atoms with Crippen LogP contribution in [0.2, 0.25) is 0 Å². The van der Waals surface area contributed by atoms with Gasteiger partial charge in [0.25, 0.3) is 5.91 Å². The summed E-state index contributed by atoms with van der Waals surface area (Å²) in [6.45, 7) is 2.26. The molecule has 1 N–H and O–H groups in total. The Bertz CT molecular complexity index is 744. The van der Waals surface area contributed by atoms with Crippen LogP contribution in [0.15, 0.2) is 42.5 Å². The van der Waals surface area contributed by atoms with Gasteiger partial charge < -0.3 is 10.2 Å². The van der Waals surface area contributed by atoms with Gasteiger partial charge in [0.05, 0.1) is 5.56 Å². The monoisotopic (exact) mass is 380 g/mol. The van der Waals surface area contributed by atoms with Crippen molar-refractivity contribution >= 4 is 18.3 Å². The Hall–Kier alpha value is -1.98. The number of nitrogens with zero attached hydrogens (tertiary/aromatic N) is 1. The first-order valence-corrected chi connectivity index (χ1v) is 8.58. The van der Waals surface area contributed by atoms with E-state index in [0.717, 1.165) is 19.4 Å². The fourth-order valence-corrected chi connectivity index (χ4v) is 3.31. The molecule has 3 rings (SSSR count). The van der Waals surface area contributed by atoms with Crippen LogP contribution in [0.5, 0.6) is 0 Å². The highest BCUT2D eigenvalue weighted by molar-refractivity contribution is 5.95. The largest absolute Gasteiger partial charge is 0.339 e. The van der Waals surface area contributed by atoms with E-state index in [9.17, 15) is 13.6 Å². The van der Waals surface area contributed by atoms with Crippen molar-refractivity contribution in [3.63, 3.8) is 0 Å². The van der Waals surface area contributed by atoms with Crippen molar-refractivity contribution < 1.29 is 13.6 Å². The third-order valence-corrected chi connectivity index (χ3v) is 4.77. The Kier molecular flexibility index (Phi) is 7.12. The number of carbonyl (C=O) groups is 1. The van der Waals surface area contributed by atoms with Crippen molar-refractivity contribution in [2.45, 2.75) is 12.8 Å². The molecule has 0 atom stereocenters. The molecule has 6 heteroatoms. The lowest BCUT2D eigenvalue weighted by Gasteiger charge is -2.32. The smallest absolute Gasteiger partial charge is 0.256 e. The van der Waals surface area contributed by atoms with E-state index in [1.165, 1.54) is 24.3 Å². The zero-order chi connectivity index (χ0) is 17.8. The van der Waals surface area contributed by atoms with E-state index in [1.807, 2.05) is 7.05 Å². The molecule has 1 aliphatic heterocycles. The Morgan fingerprint density at radius 1 is 1.08 bits per heavy atom. The van der Waals surface area contributed by atoms with Gasteiger partial charge in [0.15, 0.2) is 0 Å². The molecule has 2 aromatic carbocycles. The fourth-order valence-electron chi connectivity index (χ4n) is 3.31. The van der Waals surface area contributed by atoms with Gasteiger partial charge in [-0.1, -0.05) is 18.2 Å². The molecule has 0 bridgehead atoms. The van der Waals surface area contributed by atoms with E-state index in [0.29, 0.717) is 30.1 Å². The van der Waals surface area contributed by atoms with Crippen LogP contribution < -0.4 is 5.32 Å². The molecule has 0 spiro atoms. The summed E-state index contributed by atoms with van der Waals surface area (Å²) in [4.78, 5) is 14.3. The van der Waals surface area contributed by atoms with Crippen LogP contribution in [-0.4, -0.2) is 37.5 Å². The van der Waals surface area contributed by atoms with Crippen molar-refractivity contribution in [2.24, 2.45) is 5.92 Å². The highest BCUT2D eigenvalue weighted by Gasteiger charge is 2.25. The number of hydrogen-bond acceptors (Lipinski definition) is 2. The van der Waals surface area contributed by atoms with E-state index in [1.54, 1.807) is 23.1 Å². The van der Waals surface area contributed by atoms with Gasteiger partial charge in [-0.3, -0.25) is 4.79 Å². The summed E-state index contributed by atoms with van der Waals surface area (Å²) in [5, 5.41) is 3.16. The summed E-state index contributed by atoms with van der Waals surface area (Å²) >= 11 is 0.